The van der Waals surface area contributed by atoms with E-state index in [4.69, 9.17) is 5.73 Å². The third kappa shape index (κ3) is 2.31. The van der Waals surface area contributed by atoms with Crippen molar-refractivity contribution >= 4 is 39.3 Å². The van der Waals surface area contributed by atoms with E-state index >= 15 is 0 Å². The van der Waals surface area contributed by atoms with E-state index in [0.29, 0.717) is 6.42 Å². The summed E-state index contributed by atoms with van der Waals surface area (Å²) in [6.07, 6.45) is 2.60. The SMILES string of the molecule is CCC(N)C(=O)c1cn(CC)c2ccc(I)cc12. The first-order valence-corrected chi connectivity index (χ1v) is 7.24. The van der Waals surface area contributed by atoms with E-state index in [1.807, 2.05) is 13.1 Å². The van der Waals surface area contributed by atoms with Crippen LogP contribution in [0, 0.1) is 3.57 Å². The number of rotatable bonds is 4. The van der Waals surface area contributed by atoms with Crippen molar-refractivity contribution in [1.82, 2.24) is 4.57 Å². The number of carbonyl (C=O) groups is 1. The largest absolute Gasteiger partial charge is 0.347 e. The number of nitrogens with zero attached hydrogens (tertiary/aromatic N) is 1. The molecular formula is C14H17IN2O. The van der Waals surface area contributed by atoms with Gasteiger partial charge in [-0.2, -0.15) is 0 Å². The number of benzene rings is 1. The summed E-state index contributed by atoms with van der Waals surface area (Å²) in [6.45, 7) is 4.86. The predicted octanol–water partition coefficient (Wildman–Crippen LogP) is 3.19. The van der Waals surface area contributed by atoms with Crippen LogP contribution in [0.15, 0.2) is 24.4 Å². The topological polar surface area (TPSA) is 48.0 Å². The van der Waals surface area contributed by atoms with E-state index in [0.717, 1.165) is 26.6 Å². The Morgan fingerprint density at radius 3 is 2.78 bits per heavy atom. The van der Waals surface area contributed by atoms with Gasteiger partial charge in [-0.15, -0.1) is 0 Å². The lowest BCUT2D eigenvalue weighted by atomic mass is 10.0. The van der Waals surface area contributed by atoms with Gasteiger partial charge in [0.1, 0.15) is 0 Å². The Morgan fingerprint density at radius 2 is 2.17 bits per heavy atom. The van der Waals surface area contributed by atoms with E-state index in [9.17, 15) is 4.79 Å². The van der Waals surface area contributed by atoms with E-state index in [-0.39, 0.29) is 5.78 Å². The van der Waals surface area contributed by atoms with Crippen molar-refractivity contribution in [3.8, 4) is 0 Å². The molecule has 2 N–H and O–H groups in total. The molecule has 2 rings (SSSR count). The van der Waals surface area contributed by atoms with Gasteiger partial charge in [-0.3, -0.25) is 4.79 Å². The quantitative estimate of drug-likeness (QED) is 0.676. The molecular weight excluding hydrogens is 339 g/mol. The van der Waals surface area contributed by atoms with E-state index in [1.54, 1.807) is 0 Å². The van der Waals surface area contributed by atoms with Crippen molar-refractivity contribution in [1.29, 1.82) is 0 Å². The zero-order valence-electron chi connectivity index (χ0n) is 10.6. The third-order valence-corrected chi connectivity index (χ3v) is 3.90. The minimum Gasteiger partial charge on any atom is -0.347 e. The highest BCUT2D eigenvalue weighted by atomic mass is 127. The van der Waals surface area contributed by atoms with Gasteiger partial charge in [0.2, 0.25) is 0 Å². The number of fused-ring (bicyclic) bond motifs is 1. The number of aromatic nitrogens is 1. The third-order valence-electron chi connectivity index (χ3n) is 3.23. The molecule has 2 aromatic rings. The van der Waals surface area contributed by atoms with Crippen molar-refractivity contribution in [2.45, 2.75) is 32.9 Å². The number of carbonyl (C=O) groups excluding carboxylic acids is 1. The smallest absolute Gasteiger partial charge is 0.181 e. The van der Waals surface area contributed by atoms with Crippen LogP contribution in [0.3, 0.4) is 0 Å². The molecule has 3 nitrogen and oxygen atoms in total. The second kappa shape index (κ2) is 5.40. The van der Waals surface area contributed by atoms with Crippen molar-refractivity contribution in [3.05, 3.63) is 33.5 Å². The minimum absolute atomic E-state index is 0.0386. The van der Waals surface area contributed by atoms with Gasteiger partial charge in [-0.25, -0.2) is 0 Å². The van der Waals surface area contributed by atoms with Crippen LogP contribution in [-0.2, 0) is 6.54 Å². The van der Waals surface area contributed by atoms with Crippen LogP contribution in [0.25, 0.3) is 10.9 Å². The molecule has 0 fully saturated rings. The van der Waals surface area contributed by atoms with Crippen LogP contribution in [0.5, 0.6) is 0 Å². The second-order valence-electron chi connectivity index (χ2n) is 4.37. The summed E-state index contributed by atoms with van der Waals surface area (Å²) in [5.74, 6) is 0.0386. The fraction of sp³-hybridized carbons (Fsp3) is 0.357. The first kappa shape index (κ1) is 13.5. The Balaban J connectivity index is 2.63. The van der Waals surface area contributed by atoms with Gasteiger partial charge in [0.25, 0.3) is 0 Å². The Kier molecular flexibility index (Phi) is 4.07. The Bertz CT molecular complexity index is 589. The van der Waals surface area contributed by atoms with Crippen molar-refractivity contribution in [3.63, 3.8) is 0 Å². The summed E-state index contributed by atoms with van der Waals surface area (Å²) in [6, 6.07) is 5.77. The predicted molar refractivity (Wildman–Crippen MR) is 82.9 cm³/mol. The summed E-state index contributed by atoms with van der Waals surface area (Å²) in [5.41, 5.74) is 7.72. The lowest BCUT2D eigenvalue weighted by molar-refractivity contribution is 0.0961. The highest BCUT2D eigenvalue weighted by molar-refractivity contribution is 14.1. The number of halogens is 1. The van der Waals surface area contributed by atoms with Gasteiger partial charge in [0.15, 0.2) is 5.78 Å². The first-order valence-electron chi connectivity index (χ1n) is 6.16. The van der Waals surface area contributed by atoms with E-state index in [1.165, 1.54) is 0 Å². The molecule has 1 aromatic heterocycles. The number of nitrogens with two attached hydrogens (primary N) is 1. The van der Waals surface area contributed by atoms with Gasteiger partial charge >= 0.3 is 0 Å². The van der Waals surface area contributed by atoms with E-state index in [2.05, 4.69) is 52.3 Å². The van der Waals surface area contributed by atoms with Gasteiger partial charge in [0, 0.05) is 32.8 Å². The van der Waals surface area contributed by atoms with E-state index < -0.39 is 6.04 Å². The zero-order chi connectivity index (χ0) is 13.3. The van der Waals surface area contributed by atoms with Gasteiger partial charge in [0.05, 0.1) is 6.04 Å². The van der Waals surface area contributed by atoms with Crippen LogP contribution in [-0.4, -0.2) is 16.4 Å². The van der Waals surface area contributed by atoms with Crippen LogP contribution >= 0.6 is 22.6 Å². The molecule has 0 spiro atoms. The Labute approximate surface area is 120 Å². The highest BCUT2D eigenvalue weighted by Gasteiger charge is 2.19. The molecule has 18 heavy (non-hydrogen) atoms. The summed E-state index contributed by atoms with van der Waals surface area (Å²) in [5, 5.41) is 1.01. The van der Waals surface area contributed by atoms with Gasteiger partial charge < -0.3 is 10.3 Å². The second-order valence-corrected chi connectivity index (χ2v) is 5.61. The number of aryl methyl sites for hydroxylation is 1. The molecule has 0 aliphatic heterocycles. The summed E-state index contributed by atoms with van der Waals surface area (Å²) in [4.78, 5) is 12.3. The summed E-state index contributed by atoms with van der Waals surface area (Å²) >= 11 is 2.26. The molecule has 0 saturated carbocycles. The maximum Gasteiger partial charge on any atom is 0.181 e. The molecule has 4 heteroatoms. The van der Waals surface area contributed by atoms with Crippen LogP contribution in [0.4, 0.5) is 0 Å². The summed E-state index contributed by atoms with van der Waals surface area (Å²) < 4.78 is 3.23. The van der Waals surface area contributed by atoms with Crippen molar-refractivity contribution < 1.29 is 4.79 Å². The standard InChI is InChI=1S/C14H17IN2O/c1-3-12(16)14(18)11-8-17(4-2)13-6-5-9(15)7-10(11)13/h5-8,12H,3-4,16H2,1-2H3. The number of Topliss-reactive ketones (excluding diaryl/α,β-unsaturated/α-hetero) is 1. The minimum atomic E-state index is -0.404. The average Bonchev–Trinajstić information content (AvgIpc) is 2.74. The van der Waals surface area contributed by atoms with Crippen molar-refractivity contribution in [2.75, 3.05) is 0 Å². The first-order chi connectivity index (χ1) is 8.58. The van der Waals surface area contributed by atoms with Crippen LogP contribution < -0.4 is 5.73 Å². The molecule has 0 radical (unpaired) electrons. The molecule has 1 aromatic carbocycles. The molecule has 1 atom stereocenters. The van der Waals surface area contributed by atoms with Crippen LogP contribution in [0.2, 0.25) is 0 Å². The Morgan fingerprint density at radius 1 is 1.44 bits per heavy atom. The number of ketones is 1. The molecule has 96 valence electrons. The molecule has 1 unspecified atom stereocenters. The lowest BCUT2D eigenvalue weighted by Gasteiger charge is -2.06. The summed E-state index contributed by atoms with van der Waals surface area (Å²) in [7, 11) is 0. The molecule has 0 amide bonds. The highest BCUT2D eigenvalue weighted by Crippen LogP contribution is 2.25. The zero-order valence-corrected chi connectivity index (χ0v) is 12.8. The number of hydrogen-bond donors (Lipinski definition) is 1. The molecule has 0 saturated heterocycles. The maximum atomic E-state index is 12.3. The normalized spacial score (nSPS) is 12.9. The molecule has 0 aliphatic carbocycles. The fourth-order valence-electron chi connectivity index (χ4n) is 2.11. The molecule has 0 aliphatic rings. The Hall–Kier alpha value is -0.880. The average molecular weight is 356 g/mol. The molecule has 1 heterocycles. The lowest BCUT2D eigenvalue weighted by Crippen LogP contribution is -2.29. The monoisotopic (exact) mass is 356 g/mol. The number of hydrogen-bond acceptors (Lipinski definition) is 2. The van der Waals surface area contributed by atoms with Gasteiger partial charge in [-0.05, 0) is 54.1 Å². The molecule has 0 bridgehead atoms. The maximum absolute atomic E-state index is 12.3. The van der Waals surface area contributed by atoms with Crippen molar-refractivity contribution in [2.24, 2.45) is 5.73 Å². The fourth-order valence-corrected chi connectivity index (χ4v) is 2.60. The van der Waals surface area contributed by atoms with Gasteiger partial charge in [-0.1, -0.05) is 6.92 Å². The van der Waals surface area contributed by atoms with Crippen LogP contribution in [0.1, 0.15) is 30.6 Å².